The molecule has 0 radical (unpaired) electrons. The van der Waals surface area contributed by atoms with E-state index in [1.165, 1.54) is 167 Å². The molecule has 1 fully saturated rings. The minimum Gasteiger partial charge on any atom is -0.462 e. The number of carbonyl (C=O) groups excluding carboxylic acids is 2. The van der Waals surface area contributed by atoms with Crippen LogP contribution in [0.1, 0.15) is 245 Å². The molecule has 0 amide bonds. The number of hydrogen-bond acceptors (Lipinski definition) is 11. The van der Waals surface area contributed by atoms with E-state index in [4.69, 9.17) is 18.9 Å². The highest BCUT2D eigenvalue weighted by Gasteiger charge is 2.46. The van der Waals surface area contributed by atoms with Gasteiger partial charge in [0.15, 0.2) is 12.4 Å². The van der Waals surface area contributed by atoms with Crippen LogP contribution in [0.25, 0.3) is 0 Å². The number of aliphatic hydroxyl groups excluding tert-OH is 3. The van der Waals surface area contributed by atoms with Crippen molar-refractivity contribution >= 4 is 22.1 Å². The van der Waals surface area contributed by atoms with E-state index in [0.29, 0.717) is 12.8 Å². The lowest BCUT2D eigenvalue weighted by atomic mass is 10.00. The third kappa shape index (κ3) is 35.6. The summed E-state index contributed by atoms with van der Waals surface area (Å²) in [4.78, 5) is 25.5. The summed E-state index contributed by atoms with van der Waals surface area (Å²) in [6, 6.07) is 0. The van der Waals surface area contributed by atoms with E-state index >= 15 is 0 Å². The number of unbranched alkanes of at least 4 members (excludes halogenated alkanes) is 31. The van der Waals surface area contributed by atoms with Crippen LogP contribution in [-0.4, -0.2) is 96.0 Å². The number of esters is 2. The van der Waals surface area contributed by atoms with E-state index in [0.717, 1.165) is 38.5 Å². The summed E-state index contributed by atoms with van der Waals surface area (Å²) in [5.74, 6) is -1.96. The second kappa shape index (κ2) is 41.6. The molecular formula is C51H96O12S. The molecule has 64 heavy (non-hydrogen) atoms. The molecule has 13 heteroatoms. The Morgan fingerprint density at radius 1 is 0.516 bits per heavy atom. The maximum Gasteiger partial charge on any atom is 0.306 e. The van der Waals surface area contributed by atoms with Crippen molar-refractivity contribution < 1.29 is 56.8 Å². The molecule has 1 aliphatic heterocycles. The summed E-state index contributed by atoms with van der Waals surface area (Å²) < 4.78 is 54.2. The van der Waals surface area contributed by atoms with Gasteiger partial charge in [0.2, 0.25) is 0 Å². The van der Waals surface area contributed by atoms with E-state index in [-0.39, 0.29) is 19.4 Å². The molecule has 4 N–H and O–H groups in total. The molecule has 12 nitrogen and oxygen atoms in total. The van der Waals surface area contributed by atoms with Crippen LogP contribution in [0.3, 0.4) is 0 Å². The summed E-state index contributed by atoms with van der Waals surface area (Å²) in [6.07, 6.45) is 36.8. The van der Waals surface area contributed by atoms with Crippen molar-refractivity contribution in [3.63, 3.8) is 0 Å². The van der Waals surface area contributed by atoms with Gasteiger partial charge in [-0.15, -0.1) is 0 Å². The minimum atomic E-state index is -4.60. The molecule has 378 valence electrons. The fourth-order valence-corrected chi connectivity index (χ4v) is 8.95. The molecule has 0 spiro atoms. The monoisotopic (exact) mass is 933 g/mol. The SMILES string of the molecule is CCCCCCCC/C=C/CCCCCCCCCCCCCC(=O)OC[C@H](CO[C@H]1O[C@H](CS(=O)(=O)O)[C@@H](O)C(O)C1O)OC(=O)CCCCCCCCCCCCCCCCC. The average Bonchev–Trinajstić information content (AvgIpc) is 3.26. The first-order valence-electron chi connectivity index (χ1n) is 26.2. The Balaban J connectivity index is 2.34. The van der Waals surface area contributed by atoms with Crippen molar-refractivity contribution in [1.29, 1.82) is 0 Å². The predicted molar refractivity (Wildman–Crippen MR) is 257 cm³/mol. The Hall–Kier alpha value is -1.61. The van der Waals surface area contributed by atoms with Crippen LogP contribution in [-0.2, 0) is 38.7 Å². The van der Waals surface area contributed by atoms with Crippen molar-refractivity contribution in [2.45, 2.75) is 282 Å². The summed E-state index contributed by atoms with van der Waals surface area (Å²) in [7, 11) is -4.60. The summed E-state index contributed by atoms with van der Waals surface area (Å²) in [6.45, 7) is 3.80. The molecule has 0 aliphatic carbocycles. The third-order valence-corrected chi connectivity index (χ3v) is 13.1. The average molecular weight is 933 g/mol. The number of aliphatic hydroxyl groups is 3. The number of rotatable bonds is 45. The lowest BCUT2D eigenvalue weighted by molar-refractivity contribution is -0.297. The van der Waals surface area contributed by atoms with E-state index < -0.39 is 71.2 Å². The van der Waals surface area contributed by atoms with Gasteiger partial charge in [0.1, 0.15) is 36.8 Å². The van der Waals surface area contributed by atoms with Gasteiger partial charge in [-0.05, 0) is 38.5 Å². The molecule has 1 saturated heterocycles. The fourth-order valence-electron chi connectivity index (χ4n) is 8.26. The molecule has 0 saturated carbocycles. The van der Waals surface area contributed by atoms with Crippen LogP contribution in [0.5, 0.6) is 0 Å². The lowest BCUT2D eigenvalue weighted by Crippen LogP contribution is -2.60. The second-order valence-corrected chi connectivity index (χ2v) is 20.0. The van der Waals surface area contributed by atoms with Crippen molar-refractivity contribution in [3.8, 4) is 0 Å². The van der Waals surface area contributed by atoms with E-state index in [2.05, 4.69) is 26.0 Å². The summed E-state index contributed by atoms with van der Waals surface area (Å²) >= 11 is 0. The maximum absolute atomic E-state index is 12.9. The first-order chi connectivity index (χ1) is 31.0. The molecule has 6 atom stereocenters. The number of ether oxygens (including phenoxy) is 4. The van der Waals surface area contributed by atoms with E-state index in [1.54, 1.807) is 0 Å². The van der Waals surface area contributed by atoms with Crippen molar-refractivity contribution in [2.75, 3.05) is 19.0 Å². The zero-order valence-corrected chi connectivity index (χ0v) is 41.5. The normalized spacial score (nSPS) is 19.6. The molecule has 1 rings (SSSR count). The quantitative estimate of drug-likeness (QED) is 0.0196. The number of allylic oxidation sites excluding steroid dienone is 2. The Morgan fingerprint density at radius 3 is 1.30 bits per heavy atom. The maximum atomic E-state index is 12.9. The standard InChI is InChI=1S/C51H96O12S/c1-3-5-7-9-11-13-15-17-19-20-21-22-23-24-26-27-29-31-33-35-37-39-46(52)60-41-44(42-61-51-50(56)49(55)48(54)45(63-51)43-64(57,58)59)62-47(53)40-38-36-34-32-30-28-25-18-16-14-12-10-8-6-4-2/h17,19,44-45,48-51,54-56H,3-16,18,20-43H2,1-2H3,(H,57,58,59)/b19-17+/t44-,45-,48-,49?,50?,51+/m1/s1. The third-order valence-electron chi connectivity index (χ3n) is 12.3. The predicted octanol–water partition coefficient (Wildman–Crippen LogP) is 11.8. The zero-order valence-electron chi connectivity index (χ0n) is 40.7. The van der Waals surface area contributed by atoms with Crippen LogP contribution >= 0.6 is 0 Å². The van der Waals surface area contributed by atoms with Crippen LogP contribution < -0.4 is 0 Å². The Bertz CT molecular complexity index is 1230. The van der Waals surface area contributed by atoms with Crippen molar-refractivity contribution in [3.05, 3.63) is 12.2 Å². The molecule has 0 aromatic carbocycles. The Kier molecular flexibility index (Phi) is 39.2. The Labute approximate surface area is 390 Å². The van der Waals surface area contributed by atoms with Gasteiger partial charge in [0.25, 0.3) is 10.1 Å². The van der Waals surface area contributed by atoms with Gasteiger partial charge < -0.3 is 34.3 Å². The molecule has 0 bridgehead atoms. The van der Waals surface area contributed by atoms with Crippen LogP contribution in [0.2, 0.25) is 0 Å². The van der Waals surface area contributed by atoms with Gasteiger partial charge in [0.05, 0.1) is 6.61 Å². The highest BCUT2D eigenvalue weighted by Crippen LogP contribution is 2.24. The zero-order chi connectivity index (χ0) is 46.9. The molecule has 2 unspecified atom stereocenters. The highest BCUT2D eigenvalue weighted by molar-refractivity contribution is 7.85. The van der Waals surface area contributed by atoms with Gasteiger partial charge in [0, 0.05) is 12.8 Å². The van der Waals surface area contributed by atoms with Crippen LogP contribution in [0, 0.1) is 0 Å². The number of carbonyl (C=O) groups is 2. The van der Waals surface area contributed by atoms with Crippen LogP contribution in [0.15, 0.2) is 12.2 Å². The smallest absolute Gasteiger partial charge is 0.306 e. The highest BCUT2D eigenvalue weighted by atomic mass is 32.2. The van der Waals surface area contributed by atoms with Gasteiger partial charge >= 0.3 is 11.9 Å². The number of hydrogen-bond donors (Lipinski definition) is 4. The summed E-state index contributed by atoms with van der Waals surface area (Å²) in [5.41, 5.74) is 0. The van der Waals surface area contributed by atoms with Gasteiger partial charge in [-0.2, -0.15) is 8.42 Å². The molecular weight excluding hydrogens is 837 g/mol. The van der Waals surface area contributed by atoms with Crippen molar-refractivity contribution in [1.82, 2.24) is 0 Å². The Morgan fingerprint density at radius 2 is 0.891 bits per heavy atom. The summed E-state index contributed by atoms with van der Waals surface area (Å²) in [5, 5.41) is 31.0. The van der Waals surface area contributed by atoms with Gasteiger partial charge in [-0.1, -0.05) is 206 Å². The molecule has 0 aromatic rings. The lowest BCUT2D eigenvalue weighted by Gasteiger charge is -2.40. The largest absolute Gasteiger partial charge is 0.462 e. The van der Waals surface area contributed by atoms with E-state index in [1.807, 2.05) is 0 Å². The van der Waals surface area contributed by atoms with Crippen molar-refractivity contribution in [2.24, 2.45) is 0 Å². The molecule has 0 aromatic heterocycles. The molecule has 1 aliphatic rings. The molecule has 1 heterocycles. The topological polar surface area (TPSA) is 186 Å². The van der Waals surface area contributed by atoms with Gasteiger partial charge in [-0.3, -0.25) is 14.1 Å². The van der Waals surface area contributed by atoms with Crippen LogP contribution in [0.4, 0.5) is 0 Å². The first-order valence-corrected chi connectivity index (χ1v) is 27.9. The fraction of sp³-hybridized carbons (Fsp3) is 0.922. The first kappa shape index (κ1) is 60.4. The second-order valence-electron chi connectivity index (χ2n) is 18.5. The van der Waals surface area contributed by atoms with Gasteiger partial charge in [-0.25, -0.2) is 0 Å². The van der Waals surface area contributed by atoms with E-state index in [9.17, 15) is 37.9 Å². The minimum absolute atomic E-state index is 0.170.